The fraction of sp³-hybridized carbons (Fsp3) is 0.300. The van der Waals surface area contributed by atoms with Gasteiger partial charge in [-0.25, -0.2) is 5.48 Å². The molecule has 0 fully saturated rings. The second-order valence-electron chi connectivity index (χ2n) is 3.11. The summed E-state index contributed by atoms with van der Waals surface area (Å²) in [5.74, 6) is -0.512. The predicted molar refractivity (Wildman–Crippen MR) is 61.5 cm³/mol. The summed E-state index contributed by atoms with van der Waals surface area (Å²) < 4.78 is 0. The van der Waals surface area contributed by atoms with Gasteiger partial charge in [0.2, 0.25) is 0 Å². The largest absolute Gasteiger partial charge is 0.274 e. The van der Waals surface area contributed by atoms with Crippen LogP contribution in [0.15, 0.2) is 24.3 Å². The molecule has 0 aliphatic carbocycles. The van der Waals surface area contributed by atoms with Gasteiger partial charge in [0.25, 0.3) is 11.6 Å². The lowest BCUT2D eigenvalue weighted by atomic mass is 10.1. The highest BCUT2D eigenvalue weighted by Gasteiger charge is 2.18. The van der Waals surface area contributed by atoms with Crippen LogP contribution in [0.5, 0.6) is 0 Å². The maximum atomic E-state index is 11.4. The minimum Gasteiger partial charge on any atom is -0.274 e. The summed E-state index contributed by atoms with van der Waals surface area (Å²) in [6.07, 6.45) is 0. The highest BCUT2D eigenvalue weighted by molar-refractivity contribution is 6.30. The van der Waals surface area contributed by atoms with Crippen LogP contribution in [0.25, 0.3) is 0 Å². The van der Waals surface area contributed by atoms with Crippen LogP contribution in [0.2, 0.25) is 0 Å². The Bertz CT molecular complexity index is 407. The molecule has 0 radical (unpaired) electrons. The van der Waals surface area contributed by atoms with Crippen molar-refractivity contribution >= 4 is 23.2 Å². The molecular weight excluding hydrogens is 248 g/mol. The van der Waals surface area contributed by atoms with Gasteiger partial charge in [0, 0.05) is 12.1 Å². The van der Waals surface area contributed by atoms with Gasteiger partial charge in [-0.15, -0.1) is 11.6 Å². The molecule has 0 bridgehead atoms. The van der Waals surface area contributed by atoms with Crippen LogP contribution in [0, 0.1) is 10.1 Å². The number of nitro benzene ring substituents is 1. The van der Waals surface area contributed by atoms with Gasteiger partial charge >= 0.3 is 0 Å². The lowest BCUT2D eigenvalue weighted by molar-refractivity contribution is -0.384. The molecular formula is C10H11ClN2O4. The SMILES string of the molecule is CCONC(=O)C(Cl)c1ccc([N+](=O)[O-])cc1. The molecule has 1 aromatic rings. The van der Waals surface area contributed by atoms with E-state index in [4.69, 9.17) is 16.4 Å². The third-order valence-corrected chi connectivity index (χ3v) is 2.39. The van der Waals surface area contributed by atoms with E-state index in [1.54, 1.807) is 6.92 Å². The topological polar surface area (TPSA) is 81.5 Å². The van der Waals surface area contributed by atoms with Crippen molar-refractivity contribution in [3.05, 3.63) is 39.9 Å². The predicted octanol–water partition coefficient (Wildman–Crippen LogP) is 1.94. The lowest BCUT2D eigenvalue weighted by Crippen LogP contribution is -2.27. The van der Waals surface area contributed by atoms with Crippen molar-refractivity contribution in [2.75, 3.05) is 6.61 Å². The van der Waals surface area contributed by atoms with Gasteiger partial charge in [-0.05, 0) is 12.5 Å². The van der Waals surface area contributed by atoms with Gasteiger partial charge in [-0.1, -0.05) is 12.1 Å². The number of nitrogens with zero attached hydrogens (tertiary/aromatic N) is 1. The molecule has 7 heteroatoms. The first kappa shape index (κ1) is 13.4. The molecule has 0 saturated carbocycles. The van der Waals surface area contributed by atoms with E-state index in [1.165, 1.54) is 24.3 Å². The molecule has 1 atom stereocenters. The summed E-state index contributed by atoms with van der Waals surface area (Å²) in [6, 6.07) is 5.44. The second-order valence-corrected chi connectivity index (χ2v) is 3.55. The molecule has 6 nitrogen and oxygen atoms in total. The van der Waals surface area contributed by atoms with E-state index >= 15 is 0 Å². The smallest absolute Gasteiger partial charge is 0.269 e. The van der Waals surface area contributed by atoms with Crippen molar-refractivity contribution in [3.8, 4) is 0 Å². The van der Waals surface area contributed by atoms with Crippen molar-refractivity contribution in [2.24, 2.45) is 0 Å². The van der Waals surface area contributed by atoms with E-state index in [-0.39, 0.29) is 5.69 Å². The fourth-order valence-corrected chi connectivity index (χ4v) is 1.30. The van der Waals surface area contributed by atoms with Crippen molar-refractivity contribution < 1.29 is 14.6 Å². The van der Waals surface area contributed by atoms with E-state index in [1.807, 2.05) is 0 Å². The quantitative estimate of drug-likeness (QED) is 0.497. The van der Waals surface area contributed by atoms with Gasteiger partial charge in [0.05, 0.1) is 11.5 Å². The first-order valence-electron chi connectivity index (χ1n) is 4.86. The van der Waals surface area contributed by atoms with Crippen LogP contribution in [-0.2, 0) is 9.63 Å². The van der Waals surface area contributed by atoms with E-state index in [0.29, 0.717) is 12.2 Å². The van der Waals surface area contributed by atoms with E-state index in [9.17, 15) is 14.9 Å². The van der Waals surface area contributed by atoms with E-state index in [0.717, 1.165) is 0 Å². The molecule has 0 heterocycles. The summed E-state index contributed by atoms with van der Waals surface area (Å²) in [5.41, 5.74) is 2.58. The number of carbonyl (C=O) groups excluding carboxylic acids is 1. The minimum atomic E-state index is -0.942. The number of halogens is 1. The molecule has 1 amide bonds. The number of hydrogen-bond acceptors (Lipinski definition) is 4. The number of nitro groups is 1. The molecule has 0 saturated heterocycles. The Morgan fingerprint density at radius 1 is 1.53 bits per heavy atom. The van der Waals surface area contributed by atoms with Gasteiger partial charge in [-0.2, -0.15) is 0 Å². The number of carbonyl (C=O) groups is 1. The minimum absolute atomic E-state index is 0.0529. The van der Waals surface area contributed by atoms with Gasteiger partial charge in [0.1, 0.15) is 5.38 Å². The standard InChI is InChI=1S/C10H11ClN2O4/c1-2-17-12-10(14)9(11)7-3-5-8(6-4-7)13(15)16/h3-6,9H,2H2,1H3,(H,12,14). The monoisotopic (exact) mass is 258 g/mol. The zero-order valence-electron chi connectivity index (χ0n) is 9.05. The first-order valence-corrected chi connectivity index (χ1v) is 5.30. The van der Waals surface area contributed by atoms with Crippen molar-refractivity contribution in [1.82, 2.24) is 5.48 Å². The molecule has 1 rings (SSSR count). The van der Waals surface area contributed by atoms with Crippen LogP contribution in [0.3, 0.4) is 0 Å². The lowest BCUT2D eigenvalue weighted by Gasteiger charge is -2.09. The molecule has 1 N–H and O–H groups in total. The highest BCUT2D eigenvalue weighted by atomic mass is 35.5. The Morgan fingerprint density at radius 2 is 2.12 bits per heavy atom. The van der Waals surface area contributed by atoms with Gasteiger partial charge in [0.15, 0.2) is 0 Å². The molecule has 1 unspecified atom stereocenters. The molecule has 0 aliphatic heterocycles. The Morgan fingerprint density at radius 3 is 2.59 bits per heavy atom. The molecule has 0 aromatic heterocycles. The molecule has 17 heavy (non-hydrogen) atoms. The van der Waals surface area contributed by atoms with E-state index < -0.39 is 16.2 Å². The second kappa shape index (κ2) is 6.17. The zero-order chi connectivity index (χ0) is 12.8. The van der Waals surface area contributed by atoms with Crippen molar-refractivity contribution in [3.63, 3.8) is 0 Å². The fourth-order valence-electron chi connectivity index (χ4n) is 1.11. The summed E-state index contributed by atoms with van der Waals surface area (Å²) in [6.45, 7) is 2.05. The molecule has 0 aliphatic rings. The molecule has 1 aromatic carbocycles. The number of amides is 1. The van der Waals surface area contributed by atoms with Gasteiger partial charge in [-0.3, -0.25) is 19.7 Å². The number of non-ortho nitro benzene ring substituents is 1. The zero-order valence-corrected chi connectivity index (χ0v) is 9.81. The van der Waals surface area contributed by atoms with Crippen LogP contribution >= 0.6 is 11.6 Å². The molecule has 0 spiro atoms. The first-order chi connectivity index (χ1) is 8.06. The number of benzene rings is 1. The maximum absolute atomic E-state index is 11.4. The number of alkyl halides is 1. The number of rotatable bonds is 5. The van der Waals surface area contributed by atoms with Gasteiger partial charge < -0.3 is 0 Å². The Hall–Kier alpha value is -1.66. The number of hydrogen-bond donors (Lipinski definition) is 1. The summed E-state index contributed by atoms with van der Waals surface area (Å²) in [4.78, 5) is 26.0. The van der Waals surface area contributed by atoms with Crippen LogP contribution in [-0.4, -0.2) is 17.4 Å². The Labute approximate surface area is 103 Å². The third-order valence-electron chi connectivity index (χ3n) is 1.94. The van der Waals surface area contributed by atoms with Crippen LogP contribution < -0.4 is 5.48 Å². The van der Waals surface area contributed by atoms with Crippen molar-refractivity contribution in [1.29, 1.82) is 0 Å². The highest BCUT2D eigenvalue weighted by Crippen LogP contribution is 2.22. The van der Waals surface area contributed by atoms with Crippen LogP contribution in [0.1, 0.15) is 17.9 Å². The Balaban J connectivity index is 2.72. The third kappa shape index (κ3) is 3.69. The summed E-state index contributed by atoms with van der Waals surface area (Å²) in [7, 11) is 0. The number of nitrogens with one attached hydrogen (secondary N) is 1. The number of hydroxylamine groups is 1. The van der Waals surface area contributed by atoms with Crippen LogP contribution in [0.4, 0.5) is 5.69 Å². The summed E-state index contributed by atoms with van der Waals surface area (Å²) >= 11 is 5.86. The average Bonchev–Trinajstić information content (AvgIpc) is 2.35. The molecule has 92 valence electrons. The maximum Gasteiger partial charge on any atom is 0.269 e. The summed E-state index contributed by atoms with van der Waals surface area (Å²) in [5, 5.41) is 9.49. The van der Waals surface area contributed by atoms with Crippen molar-refractivity contribution in [2.45, 2.75) is 12.3 Å². The Kier molecular flexibility index (Phi) is 4.86. The normalized spacial score (nSPS) is 11.9. The average molecular weight is 259 g/mol. The van der Waals surface area contributed by atoms with E-state index in [2.05, 4.69) is 5.48 Å².